The van der Waals surface area contributed by atoms with Crippen molar-refractivity contribution in [3.8, 4) is 0 Å². The second-order valence-electron chi connectivity index (χ2n) is 2.75. The van der Waals surface area contributed by atoms with Crippen LogP contribution in [0.2, 0.25) is 0 Å². The number of carbonyl (C=O) groups excluding carboxylic acids is 1. The van der Waals surface area contributed by atoms with E-state index in [9.17, 15) is 9.70 Å². The maximum atomic E-state index is 10.7. The van der Waals surface area contributed by atoms with Gasteiger partial charge in [-0.2, -0.15) is 0 Å². The van der Waals surface area contributed by atoms with Crippen LogP contribution in [0.15, 0.2) is 29.6 Å². The normalized spacial score (nSPS) is 9.50. The van der Waals surface area contributed by atoms with E-state index < -0.39 is 6.03 Å². The molecule has 0 aliphatic rings. The average molecular weight is 193 g/mol. The van der Waals surface area contributed by atoms with Gasteiger partial charge < -0.3 is 5.73 Å². The topological polar surface area (TPSA) is 75.8 Å². The van der Waals surface area contributed by atoms with E-state index in [0.29, 0.717) is 10.7 Å². The van der Waals surface area contributed by atoms with Gasteiger partial charge in [0.25, 0.3) is 0 Å². The predicted octanol–water partition coefficient (Wildman–Crippen LogP) is 1.82. The van der Waals surface area contributed by atoms with Crippen LogP contribution in [0.25, 0.3) is 0 Å². The number of nitrogens with two attached hydrogens (primary N) is 1. The van der Waals surface area contributed by atoms with Gasteiger partial charge in [0.15, 0.2) is 0 Å². The van der Waals surface area contributed by atoms with Gasteiger partial charge in [0.05, 0.1) is 11.0 Å². The molecule has 1 aromatic rings. The summed E-state index contributed by atoms with van der Waals surface area (Å²) in [5.74, 6) is 0. The molecule has 0 saturated heterocycles. The third-order valence-corrected chi connectivity index (χ3v) is 1.88. The van der Waals surface area contributed by atoms with Crippen LogP contribution in [0.3, 0.4) is 0 Å². The number of rotatable bonds is 3. The summed E-state index contributed by atoms with van der Waals surface area (Å²) < 4.78 is 0. The van der Waals surface area contributed by atoms with E-state index in [0.717, 1.165) is 12.0 Å². The number of hydrogen-bond acceptors (Lipinski definition) is 3. The Morgan fingerprint density at radius 1 is 1.43 bits per heavy atom. The Kier molecular flexibility index (Phi) is 3.17. The summed E-state index contributed by atoms with van der Waals surface area (Å²) in [5, 5.41) is 3.13. The van der Waals surface area contributed by atoms with Gasteiger partial charge in [0.2, 0.25) is 0 Å². The van der Waals surface area contributed by atoms with Gasteiger partial charge in [-0.3, -0.25) is 0 Å². The van der Waals surface area contributed by atoms with Crippen molar-refractivity contribution in [1.29, 1.82) is 0 Å². The van der Waals surface area contributed by atoms with Crippen LogP contribution in [0.1, 0.15) is 12.5 Å². The highest BCUT2D eigenvalue weighted by atomic mass is 16.3. The highest BCUT2D eigenvalue weighted by Gasteiger charge is 2.11. The molecular formula is C9H11N3O2. The van der Waals surface area contributed by atoms with Gasteiger partial charge in [0, 0.05) is 0 Å². The van der Waals surface area contributed by atoms with E-state index in [-0.39, 0.29) is 0 Å². The van der Waals surface area contributed by atoms with Crippen LogP contribution in [0.5, 0.6) is 0 Å². The Morgan fingerprint density at radius 3 is 2.36 bits per heavy atom. The van der Waals surface area contributed by atoms with Crippen LogP contribution in [-0.2, 0) is 6.42 Å². The molecule has 0 fully saturated rings. The Labute approximate surface area is 81.5 Å². The first-order valence-corrected chi connectivity index (χ1v) is 4.20. The van der Waals surface area contributed by atoms with E-state index in [1.54, 1.807) is 12.1 Å². The standard InChI is InChI=1S/C9H11N3O2/c1-2-7-3-5-8(6-4-7)12(11-14)9(10)13/h3-6H,2H2,1H3,(H2,10,13). The number of primary amides is 1. The van der Waals surface area contributed by atoms with E-state index in [4.69, 9.17) is 5.73 Å². The second-order valence-corrected chi connectivity index (χ2v) is 2.75. The molecule has 0 atom stereocenters. The van der Waals surface area contributed by atoms with Crippen LogP contribution in [-0.4, -0.2) is 6.03 Å². The number of anilines is 1. The van der Waals surface area contributed by atoms with Crippen molar-refractivity contribution in [1.82, 2.24) is 0 Å². The van der Waals surface area contributed by atoms with Gasteiger partial charge in [-0.15, -0.1) is 9.92 Å². The Balaban J connectivity index is 2.94. The Hall–Kier alpha value is -1.91. The Morgan fingerprint density at radius 2 is 2.00 bits per heavy atom. The van der Waals surface area contributed by atoms with Gasteiger partial charge in [-0.1, -0.05) is 19.1 Å². The van der Waals surface area contributed by atoms with Crippen molar-refractivity contribution >= 4 is 11.7 Å². The molecule has 14 heavy (non-hydrogen) atoms. The van der Waals surface area contributed by atoms with Gasteiger partial charge >= 0.3 is 6.03 Å². The number of nitrogens with zero attached hydrogens (tertiary/aromatic N) is 2. The molecule has 0 spiro atoms. The molecule has 0 bridgehead atoms. The fourth-order valence-electron chi connectivity index (χ4n) is 1.09. The molecule has 0 aliphatic carbocycles. The van der Waals surface area contributed by atoms with Crippen LogP contribution >= 0.6 is 0 Å². The number of aryl methyl sites for hydroxylation is 1. The minimum atomic E-state index is -0.885. The number of nitroso groups, excluding NO2 is 1. The molecule has 2 amide bonds. The van der Waals surface area contributed by atoms with Gasteiger partial charge in [0.1, 0.15) is 0 Å². The fourth-order valence-corrected chi connectivity index (χ4v) is 1.09. The minimum absolute atomic E-state index is 0.379. The van der Waals surface area contributed by atoms with Crippen LogP contribution in [0.4, 0.5) is 10.5 Å². The number of carbonyl (C=O) groups is 1. The summed E-state index contributed by atoms with van der Waals surface area (Å²) in [6.07, 6.45) is 0.894. The molecule has 5 nitrogen and oxygen atoms in total. The molecule has 0 radical (unpaired) electrons. The van der Waals surface area contributed by atoms with Crippen molar-refractivity contribution in [2.45, 2.75) is 13.3 Å². The zero-order valence-electron chi connectivity index (χ0n) is 7.80. The molecule has 0 heterocycles. The minimum Gasteiger partial charge on any atom is -0.350 e. The first kappa shape index (κ1) is 10.2. The SMILES string of the molecule is CCc1ccc(N(N=O)C(N)=O)cc1. The fraction of sp³-hybridized carbons (Fsp3) is 0.222. The van der Waals surface area contributed by atoms with E-state index in [1.165, 1.54) is 0 Å². The third-order valence-electron chi connectivity index (χ3n) is 1.88. The van der Waals surface area contributed by atoms with Crippen LogP contribution < -0.4 is 10.7 Å². The van der Waals surface area contributed by atoms with Gasteiger partial charge in [-0.05, 0) is 24.1 Å². The highest BCUT2D eigenvalue weighted by Crippen LogP contribution is 2.15. The van der Waals surface area contributed by atoms with E-state index in [2.05, 4.69) is 5.29 Å². The molecule has 74 valence electrons. The van der Waals surface area contributed by atoms with Crippen molar-refractivity contribution in [3.63, 3.8) is 0 Å². The third kappa shape index (κ3) is 2.07. The lowest BCUT2D eigenvalue weighted by Crippen LogP contribution is -2.30. The summed E-state index contributed by atoms with van der Waals surface area (Å²) in [4.78, 5) is 21.0. The van der Waals surface area contributed by atoms with E-state index >= 15 is 0 Å². The first-order valence-electron chi connectivity index (χ1n) is 4.20. The summed E-state index contributed by atoms with van der Waals surface area (Å²) >= 11 is 0. The zero-order valence-corrected chi connectivity index (χ0v) is 7.80. The number of benzene rings is 1. The smallest absolute Gasteiger partial charge is 0.342 e. The summed E-state index contributed by atoms with van der Waals surface area (Å²) in [7, 11) is 0. The maximum absolute atomic E-state index is 10.7. The van der Waals surface area contributed by atoms with Crippen LogP contribution in [0, 0.1) is 4.91 Å². The molecule has 5 heteroatoms. The lowest BCUT2D eigenvalue weighted by molar-refractivity contribution is 0.254. The number of hydrogen-bond donors (Lipinski definition) is 1. The maximum Gasteiger partial charge on any atom is 0.342 e. The van der Waals surface area contributed by atoms with Crippen molar-refractivity contribution in [2.24, 2.45) is 11.0 Å². The second kappa shape index (κ2) is 4.36. The van der Waals surface area contributed by atoms with Crippen molar-refractivity contribution in [2.75, 3.05) is 5.01 Å². The molecule has 0 aliphatic heterocycles. The van der Waals surface area contributed by atoms with Crippen molar-refractivity contribution in [3.05, 3.63) is 34.7 Å². The lowest BCUT2D eigenvalue weighted by atomic mass is 10.1. The number of amides is 2. The molecule has 0 saturated carbocycles. The van der Waals surface area contributed by atoms with Gasteiger partial charge in [-0.25, -0.2) is 4.79 Å². The predicted molar refractivity (Wildman–Crippen MR) is 53.7 cm³/mol. The monoisotopic (exact) mass is 193 g/mol. The molecule has 1 aromatic carbocycles. The average Bonchev–Trinajstić information content (AvgIpc) is 2.19. The largest absolute Gasteiger partial charge is 0.350 e. The summed E-state index contributed by atoms with van der Waals surface area (Å²) in [6.45, 7) is 2.01. The molecule has 0 unspecified atom stereocenters. The molecule has 1 rings (SSSR count). The quantitative estimate of drug-likeness (QED) is 0.587. The lowest BCUT2D eigenvalue weighted by Gasteiger charge is -2.09. The zero-order chi connectivity index (χ0) is 10.6. The summed E-state index contributed by atoms with van der Waals surface area (Å²) in [6, 6.07) is 6.01. The Bertz CT molecular complexity index is 334. The van der Waals surface area contributed by atoms with Crippen molar-refractivity contribution < 1.29 is 4.79 Å². The summed E-state index contributed by atoms with van der Waals surface area (Å²) in [5.41, 5.74) is 6.44. The number of urea groups is 1. The van der Waals surface area contributed by atoms with E-state index in [1.807, 2.05) is 19.1 Å². The molecular weight excluding hydrogens is 182 g/mol. The first-order chi connectivity index (χ1) is 6.69. The highest BCUT2D eigenvalue weighted by molar-refractivity contribution is 5.89. The molecule has 2 N–H and O–H groups in total. The molecule has 0 aromatic heterocycles.